The van der Waals surface area contributed by atoms with Crippen LogP contribution in [0.4, 0.5) is 0 Å². The van der Waals surface area contributed by atoms with Gasteiger partial charge in [-0.3, -0.25) is 0 Å². The Bertz CT molecular complexity index is 373. The summed E-state index contributed by atoms with van der Waals surface area (Å²) in [6, 6.07) is 6.08. The van der Waals surface area contributed by atoms with E-state index >= 15 is 0 Å². The highest BCUT2D eigenvalue weighted by Crippen LogP contribution is 2.08. The second-order valence-electron chi connectivity index (χ2n) is 3.53. The van der Waals surface area contributed by atoms with E-state index in [0.29, 0.717) is 0 Å². The fraction of sp³-hybridized carbons (Fsp3) is 0.455. The van der Waals surface area contributed by atoms with Gasteiger partial charge >= 0.3 is 0 Å². The first-order valence-corrected chi connectivity index (χ1v) is 5.20. The zero-order valence-electron chi connectivity index (χ0n) is 8.48. The molecule has 0 aliphatic carbocycles. The van der Waals surface area contributed by atoms with Gasteiger partial charge in [0.1, 0.15) is 0 Å². The van der Waals surface area contributed by atoms with Crippen molar-refractivity contribution in [2.24, 2.45) is 0 Å². The quantitative estimate of drug-likeness (QED) is 0.691. The second-order valence-corrected chi connectivity index (χ2v) is 3.53. The fourth-order valence-electron chi connectivity index (χ4n) is 1.57. The number of fused-ring (bicyclic) bond motifs is 1. The number of hydrogen-bond donors (Lipinski definition) is 0. The van der Waals surface area contributed by atoms with Crippen LogP contribution >= 0.6 is 0 Å². The van der Waals surface area contributed by atoms with E-state index in [1.165, 1.54) is 19.3 Å². The highest BCUT2D eigenvalue weighted by molar-refractivity contribution is 5.45. The Morgan fingerprint density at radius 3 is 3.07 bits per heavy atom. The highest BCUT2D eigenvalue weighted by atomic mass is 15.4. The molecule has 2 heterocycles. The van der Waals surface area contributed by atoms with Crippen LogP contribution in [0.3, 0.4) is 0 Å². The minimum absolute atomic E-state index is 1.07. The molecule has 0 spiro atoms. The lowest BCUT2D eigenvalue weighted by molar-refractivity contribution is 0.690. The smallest absolute Gasteiger partial charge is 0.0876 e. The SMILES string of the molecule is CCCCCc1cc2cccnn2n1. The number of hydrogen-bond acceptors (Lipinski definition) is 2. The lowest BCUT2D eigenvalue weighted by Crippen LogP contribution is -1.92. The molecule has 0 radical (unpaired) electrons. The van der Waals surface area contributed by atoms with Gasteiger partial charge in [0.05, 0.1) is 11.2 Å². The molecular weight excluding hydrogens is 174 g/mol. The number of aromatic nitrogens is 3. The van der Waals surface area contributed by atoms with Crippen molar-refractivity contribution < 1.29 is 0 Å². The van der Waals surface area contributed by atoms with Crippen LogP contribution in [0, 0.1) is 0 Å². The first-order chi connectivity index (χ1) is 6.90. The lowest BCUT2D eigenvalue weighted by Gasteiger charge is -1.92. The van der Waals surface area contributed by atoms with Gasteiger partial charge in [-0.25, -0.2) is 0 Å². The Kier molecular flexibility index (Phi) is 2.77. The molecule has 0 aliphatic rings. The predicted octanol–water partition coefficient (Wildman–Crippen LogP) is 2.46. The third kappa shape index (κ3) is 1.92. The molecule has 0 aromatic carbocycles. The van der Waals surface area contributed by atoms with Crippen molar-refractivity contribution in [1.29, 1.82) is 0 Å². The molecule has 2 aromatic rings. The molecule has 0 atom stereocenters. The molecule has 0 amide bonds. The summed E-state index contributed by atoms with van der Waals surface area (Å²) in [7, 11) is 0. The number of aryl methyl sites for hydroxylation is 1. The van der Waals surface area contributed by atoms with E-state index in [2.05, 4.69) is 23.2 Å². The summed E-state index contributed by atoms with van der Waals surface area (Å²) in [6.45, 7) is 2.21. The first-order valence-electron chi connectivity index (χ1n) is 5.20. The summed E-state index contributed by atoms with van der Waals surface area (Å²) in [6.07, 6.45) is 6.58. The molecule has 0 fully saturated rings. The van der Waals surface area contributed by atoms with Crippen LogP contribution in [0.5, 0.6) is 0 Å². The van der Waals surface area contributed by atoms with Gasteiger partial charge in [-0.05, 0) is 31.0 Å². The maximum Gasteiger partial charge on any atom is 0.0876 e. The molecule has 0 bridgehead atoms. The molecule has 3 nitrogen and oxygen atoms in total. The van der Waals surface area contributed by atoms with Crippen LogP contribution in [0.1, 0.15) is 31.9 Å². The Morgan fingerprint density at radius 1 is 1.36 bits per heavy atom. The van der Waals surface area contributed by atoms with E-state index in [0.717, 1.165) is 17.6 Å². The third-order valence-corrected chi connectivity index (χ3v) is 2.33. The normalized spacial score (nSPS) is 10.9. The molecule has 0 N–H and O–H groups in total. The second kappa shape index (κ2) is 4.22. The molecular formula is C11H15N3. The van der Waals surface area contributed by atoms with Gasteiger partial charge in [0.15, 0.2) is 0 Å². The molecule has 0 unspecified atom stereocenters. The van der Waals surface area contributed by atoms with Gasteiger partial charge in [-0.1, -0.05) is 19.8 Å². The van der Waals surface area contributed by atoms with Crippen LogP contribution in [0.2, 0.25) is 0 Å². The van der Waals surface area contributed by atoms with Crippen LogP contribution in [-0.2, 0) is 6.42 Å². The molecule has 74 valence electrons. The van der Waals surface area contributed by atoms with Gasteiger partial charge in [0, 0.05) is 6.20 Å². The van der Waals surface area contributed by atoms with Gasteiger partial charge in [-0.15, -0.1) is 0 Å². The van der Waals surface area contributed by atoms with Gasteiger partial charge in [0.25, 0.3) is 0 Å². The molecule has 0 saturated carbocycles. The number of rotatable bonds is 4. The van der Waals surface area contributed by atoms with E-state index in [1.807, 2.05) is 12.1 Å². The van der Waals surface area contributed by atoms with Crippen LogP contribution < -0.4 is 0 Å². The largest absolute Gasteiger partial charge is 0.159 e. The summed E-state index contributed by atoms with van der Waals surface area (Å²) in [4.78, 5) is 0. The maximum atomic E-state index is 4.39. The van der Waals surface area contributed by atoms with Gasteiger partial charge in [0.2, 0.25) is 0 Å². The average Bonchev–Trinajstić information content (AvgIpc) is 2.60. The Balaban J connectivity index is 2.11. The molecule has 0 aliphatic heterocycles. The van der Waals surface area contributed by atoms with Crippen molar-refractivity contribution in [1.82, 2.24) is 14.8 Å². The Morgan fingerprint density at radius 2 is 2.29 bits per heavy atom. The minimum atomic E-state index is 1.07. The topological polar surface area (TPSA) is 30.2 Å². The summed E-state index contributed by atoms with van der Waals surface area (Å²) >= 11 is 0. The van der Waals surface area contributed by atoms with Gasteiger partial charge < -0.3 is 0 Å². The van der Waals surface area contributed by atoms with Crippen LogP contribution in [-0.4, -0.2) is 14.8 Å². The van der Waals surface area contributed by atoms with E-state index in [-0.39, 0.29) is 0 Å². The predicted molar refractivity (Wildman–Crippen MR) is 56.2 cm³/mol. The number of nitrogens with zero attached hydrogens (tertiary/aromatic N) is 3. The zero-order chi connectivity index (χ0) is 9.80. The summed E-state index contributed by atoms with van der Waals surface area (Å²) < 4.78 is 1.70. The molecule has 2 rings (SSSR count). The lowest BCUT2D eigenvalue weighted by atomic mass is 10.1. The standard InChI is InChI=1S/C11H15N3/c1-2-3-4-6-10-9-11-7-5-8-12-14(11)13-10/h5,7-9H,2-4,6H2,1H3. The van der Waals surface area contributed by atoms with Crippen molar-refractivity contribution >= 4 is 5.52 Å². The van der Waals surface area contributed by atoms with Gasteiger partial charge in [-0.2, -0.15) is 14.8 Å². The molecule has 0 saturated heterocycles. The maximum absolute atomic E-state index is 4.39. The average molecular weight is 189 g/mol. The van der Waals surface area contributed by atoms with E-state index in [1.54, 1.807) is 10.8 Å². The summed E-state index contributed by atoms with van der Waals surface area (Å²) in [5, 5.41) is 8.53. The molecule has 14 heavy (non-hydrogen) atoms. The van der Waals surface area contributed by atoms with Crippen molar-refractivity contribution in [2.75, 3.05) is 0 Å². The molecule has 3 heteroatoms. The Labute approximate surface area is 83.8 Å². The summed E-state index contributed by atoms with van der Waals surface area (Å²) in [5.74, 6) is 0. The van der Waals surface area contributed by atoms with Crippen molar-refractivity contribution in [3.8, 4) is 0 Å². The van der Waals surface area contributed by atoms with Crippen LogP contribution in [0.15, 0.2) is 24.4 Å². The van der Waals surface area contributed by atoms with Crippen molar-refractivity contribution in [3.63, 3.8) is 0 Å². The van der Waals surface area contributed by atoms with Crippen molar-refractivity contribution in [2.45, 2.75) is 32.6 Å². The summed E-state index contributed by atoms with van der Waals surface area (Å²) in [5.41, 5.74) is 2.23. The highest BCUT2D eigenvalue weighted by Gasteiger charge is 2.00. The van der Waals surface area contributed by atoms with E-state index in [4.69, 9.17) is 0 Å². The van der Waals surface area contributed by atoms with E-state index in [9.17, 15) is 0 Å². The third-order valence-electron chi connectivity index (χ3n) is 2.33. The first kappa shape index (κ1) is 9.19. The fourth-order valence-corrected chi connectivity index (χ4v) is 1.57. The Hall–Kier alpha value is -1.38. The zero-order valence-corrected chi connectivity index (χ0v) is 8.48. The molecule has 2 aromatic heterocycles. The minimum Gasteiger partial charge on any atom is -0.159 e. The van der Waals surface area contributed by atoms with Crippen molar-refractivity contribution in [3.05, 3.63) is 30.1 Å². The van der Waals surface area contributed by atoms with Crippen LogP contribution in [0.25, 0.3) is 5.52 Å². The number of unbranched alkanes of at least 4 members (excludes halogenated alkanes) is 2. The monoisotopic (exact) mass is 189 g/mol. The van der Waals surface area contributed by atoms with E-state index < -0.39 is 0 Å².